The van der Waals surface area contributed by atoms with Gasteiger partial charge >= 0.3 is 0 Å². The molecule has 3 fully saturated rings. The van der Waals surface area contributed by atoms with Crippen molar-refractivity contribution in [2.45, 2.75) is 101 Å². The second kappa shape index (κ2) is 11.4. The smallest absolute Gasteiger partial charge is 0.235 e. The number of carbonyl (C=O) groups is 5. The third-order valence-electron chi connectivity index (χ3n) is 11.4. The van der Waals surface area contributed by atoms with Crippen molar-refractivity contribution in [3.63, 3.8) is 0 Å². The van der Waals surface area contributed by atoms with Crippen molar-refractivity contribution >= 4 is 29.0 Å². The van der Waals surface area contributed by atoms with Gasteiger partial charge in [0.05, 0.1) is 29.5 Å². The first-order valence-electron chi connectivity index (χ1n) is 16.0. The summed E-state index contributed by atoms with van der Waals surface area (Å²) in [6, 6.07) is 2.18. The van der Waals surface area contributed by atoms with E-state index in [1.165, 1.54) is 51.1 Å². The summed E-state index contributed by atoms with van der Waals surface area (Å²) in [5.41, 5.74) is 2.88. The molecule has 0 bridgehead atoms. The molecule has 1 amide bonds. The molecular weight excluding hydrogens is 564 g/mol. The maximum atomic E-state index is 14.2. The van der Waals surface area contributed by atoms with E-state index in [2.05, 4.69) is 0 Å². The molecule has 3 saturated carbocycles. The number of primary amides is 1. The van der Waals surface area contributed by atoms with Crippen LogP contribution in [-0.2, 0) is 24.6 Å². The molecule has 5 rings (SSSR count). The molecule has 0 radical (unpaired) electrons. The first-order valence-corrected chi connectivity index (χ1v) is 16.0. The Morgan fingerprint density at radius 1 is 1.07 bits per heavy atom. The summed E-state index contributed by atoms with van der Waals surface area (Å²) in [7, 11) is 2.95. The molecule has 0 spiro atoms. The van der Waals surface area contributed by atoms with Crippen molar-refractivity contribution in [3.05, 3.63) is 28.8 Å². The number of nitrogens with zero attached hydrogens (tertiary/aromatic N) is 1. The van der Waals surface area contributed by atoms with Crippen molar-refractivity contribution in [2.24, 2.45) is 35.3 Å². The van der Waals surface area contributed by atoms with E-state index < -0.39 is 81.8 Å². The number of likely N-dealkylation sites (N-methyl/N-ethyl adjacent to an activating group) is 1. The Morgan fingerprint density at radius 2 is 1.70 bits per heavy atom. The number of aliphatic hydroxyl groups is 2. The zero-order valence-corrected chi connectivity index (χ0v) is 26.3. The first-order chi connectivity index (χ1) is 20.6. The van der Waals surface area contributed by atoms with Gasteiger partial charge in [0.15, 0.2) is 34.7 Å². The van der Waals surface area contributed by atoms with E-state index in [1.54, 1.807) is 19.1 Å². The van der Waals surface area contributed by atoms with Crippen LogP contribution in [0, 0.1) is 29.6 Å². The highest BCUT2D eigenvalue weighted by atomic mass is 16.3. The van der Waals surface area contributed by atoms with Crippen molar-refractivity contribution in [3.8, 4) is 5.75 Å². The van der Waals surface area contributed by atoms with E-state index in [0.717, 1.165) is 19.3 Å². The Hall–Kier alpha value is -2.95. The second-order valence-corrected chi connectivity index (χ2v) is 14.6. The van der Waals surface area contributed by atoms with Gasteiger partial charge in [0.2, 0.25) is 5.91 Å². The molecule has 240 valence electrons. The third-order valence-corrected chi connectivity index (χ3v) is 11.4. The number of phenols is 1. The van der Waals surface area contributed by atoms with Crippen molar-refractivity contribution < 1.29 is 39.3 Å². The highest BCUT2D eigenvalue weighted by Crippen LogP contribution is 2.55. The summed E-state index contributed by atoms with van der Waals surface area (Å²) >= 11 is 0. The highest BCUT2D eigenvalue weighted by molar-refractivity contribution is 6.32. The van der Waals surface area contributed by atoms with E-state index in [1.807, 2.05) is 13.8 Å². The molecule has 5 N–H and O–H groups in total. The molecular formula is C34H46N2O8. The lowest BCUT2D eigenvalue weighted by molar-refractivity contribution is -0.196. The topological polar surface area (TPSA) is 175 Å². The van der Waals surface area contributed by atoms with Crippen LogP contribution in [0.4, 0.5) is 0 Å². The van der Waals surface area contributed by atoms with Gasteiger partial charge in [0.1, 0.15) is 5.75 Å². The molecule has 2 unspecified atom stereocenters. The van der Waals surface area contributed by atoms with Gasteiger partial charge in [-0.15, -0.1) is 0 Å². The molecule has 8 atom stereocenters. The van der Waals surface area contributed by atoms with E-state index in [4.69, 9.17) is 5.73 Å². The van der Waals surface area contributed by atoms with Crippen LogP contribution in [0.2, 0.25) is 0 Å². The van der Waals surface area contributed by atoms with Crippen LogP contribution in [-0.4, -0.2) is 81.1 Å². The van der Waals surface area contributed by atoms with Gasteiger partial charge in [-0.1, -0.05) is 77.8 Å². The van der Waals surface area contributed by atoms with Crippen LogP contribution < -0.4 is 5.73 Å². The molecule has 0 aromatic heterocycles. The number of aromatic hydroxyl groups is 1. The van der Waals surface area contributed by atoms with Crippen LogP contribution in [0.5, 0.6) is 5.75 Å². The molecule has 1 aromatic carbocycles. The van der Waals surface area contributed by atoms with Gasteiger partial charge in [-0.25, -0.2) is 0 Å². The van der Waals surface area contributed by atoms with E-state index >= 15 is 0 Å². The van der Waals surface area contributed by atoms with Gasteiger partial charge < -0.3 is 21.1 Å². The lowest BCUT2D eigenvalue weighted by Crippen LogP contribution is -2.77. The normalized spacial score (nSPS) is 34.5. The second-order valence-electron chi connectivity index (χ2n) is 14.6. The molecule has 0 heterocycles. The number of fused-ring (bicyclic) bond motifs is 3. The number of carbonyl (C=O) groups excluding carboxylic acids is 5. The Morgan fingerprint density at radius 3 is 2.30 bits per heavy atom. The van der Waals surface area contributed by atoms with Gasteiger partial charge in [-0.05, 0) is 43.3 Å². The average molecular weight is 611 g/mol. The number of phenolic OH excluding ortho intramolecular Hbond substituents is 1. The number of ketones is 4. The fourth-order valence-electron chi connectivity index (χ4n) is 8.98. The van der Waals surface area contributed by atoms with Gasteiger partial charge in [-0.2, -0.15) is 0 Å². The predicted octanol–water partition coefficient (Wildman–Crippen LogP) is 2.43. The lowest BCUT2D eigenvalue weighted by Gasteiger charge is -2.56. The number of nitrogens with two attached hydrogens (primary N) is 1. The Labute approximate surface area is 258 Å². The summed E-state index contributed by atoms with van der Waals surface area (Å²) in [6.45, 7) is 5.75. The number of amides is 1. The SMILES string of the molecule is C[C@@H]1c2ccc(C(C)(C)CCCC3CCCCC3)c(O)c2C(=O)C2C(=O)[C@@]3(O)C(=O)C(C(N)=O)C(=O)[C@H](N(C)C)[C@H]3[C@H](O)[C@H]21. The molecule has 10 nitrogen and oxygen atoms in total. The fraction of sp³-hybridized carbons (Fsp3) is 0.676. The van der Waals surface area contributed by atoms with E-state index in [-0.39, 0.29) is 11.3 Å². The molecule has 4 aliphatic carbocycles. The maximum absolute atomic E-state index is 14.2. The van der Waals surface area contributed by atoms with Gasteiger partial charge in [0.25, 0.3) is 0 Å². The highest BCUT2D eigenvalue weighted by Gasteiger charge is 2.73. The number of aliphatic hydroxyl groups excluding tert-OH is 1. The Balaban J connectivity index is 1.53. The molecule has 0 saturated heterocycles. The zero-order chi connectivity index (χ0) is 32.5. The number of hydrogen-bond acceptors (Lipinski definition) is 9. The molecule has 1 aromatic rings. The Kier molecular flexibility index (Phi) is 8.44. The Bertz CT molecular complexity index is 1400. The van der Waals surface area contributed by atoms with Crippen LogP contribution in [0.25, 0.3) is 0 Å². The molecule has 10 heteroatoms. The molecule has 4 aliphatic rings. The van der Waals surface area contributed by atoms with Crippen LogP contribution in [0.1, 0.15) is 99.5 Å². The zero-order valence-electron chi connectivity index (χ0n) is 26.3. The fourth-order valence-corrected chi connectivity index (χ4v) is 8.98. The van der Waals surface area contributed by atoms with Crippen molar-refractivity contribution in [1.82, 2.24) is 4.90 Å². The third kappa shape index (κ3) is 4.75. The number of rotatable bonds is 7. The number of hydrogen-bond donors (Lipinski definition) is 4. The van der Waals surface area contributed by atoms with Crippen LogP contribution in [0.3, 0.4) is 0 Å². The largest absolute Gasteiger partial charge is 0.507 e. The molecule has 44 heavy (non-hydrogen) atoms. The summed E-state index contributed by atoms with van der Waals surface area (Å²) in [4.78, 5) is 68.8. The maximum Gasteiger partial charge on any atom is 0.235 e. The number of Topliss-reactive ketones (excluding diaryl/α,β-unsaturated/α-hetero) is 4. The van der Waals surface area contributed by atoms with Gasteiger partial charge in [-0.3, -0.25) is 28.9 Å². The van der Waals surface area contributed by atoms with Crippen LogP contribution in [0.15, 0.2) is 12.1 Å². The lowest BCUT2D eigenvalue weighted by atomic mass is 9.49. The summed E-state index contributed by atoms with van der Waals surface area (Å²) in [5.74, 6) is -12.2. The minimum atomic E-state index is -3.00. The molecule has 0 aliphatic heterocycles. The minimum Gasteiger partial charge on any atom is -0.507 e. The summed E-state index contributed by atoms with van der Waals surface area (Å²) in [6.07, 6.45) is 7.56. The number of benzene rings is 1. The summed E-state index contributed by atoms with van der Waals surface area (Å²) in [5, 5.41) is 35.2. The first kappa shape index (κ1) is 32.4. The van der Waals surface area contributed by atoms with E-state index in [0.29, 0.717) is 17.0 Å². The predicted molar refractivity (Wildman–Crippen MR) is 161 cm³/mol. The van der Waals surface area contributed by atoms with Crippen molar-refractivity contribution in [2.75, 3.05) is 14.1 Å². The monoisotopic (exact) mass is 610 g/mol. The quantitative estimate of drug-likeness (QED) is 0.338. The van der Waals surface area contributed by atoms with E-state index in [9.17, 15) is 39.3 Å². The summed E-state index contributed by atoms with van der Waals surface area (Å²) < 4.78 is 0. The average Bonchev–Trinajstić information content (AvgIpc) is 2.95. The van der Waals surface area contributed by atoms with Crippen molar-refractivity contribution in [1.29, 1.82) is 0 Å². The minimum absolute atomic E-state index is 0.0471. The van der Waals surface area contributed by atoms with Crippen LogP contribution >= 0.6 is 0 Å². The standard InChI is InChI=1S/C34H46N2O8/c1-16-18-13-14-19(33(2,3)15-9-12-17-10-7-6-8-11-17)26(37)21(18)27(38)22-20(16)28(39)24-25(36(4)5)29(40)23(32(35)43)31(42)34(24,44)30(22)41/h13-14,16-17,20,22-25,28,37,39,44H,6-12,15H2,1-5H3,(H2,35,43)/t16-,20+,22?,23?,24+,25-,28-,34-/m1/s1. The van der Waals surface area contributed by atoms with Gasteiger partial charge in [0, 0.05) is 11.5 Å².